The van der Waals surface area contributed by atoms with E-state index in [2.05, 4.69) is 10.6 Å². The van der Waals surface area contributed by atoms with Gasteiger partial charge in [0, 0.05) is 13.1 Å². The average Bonchev–Trinajstić information content (AvgIpc) is 3.17. The van der Waals surface area contributed by atoms with Crippen molar-refractivity contribution in [1.82, 2.24) is 10.6 Å². The highest BCUT2D eigenvalue weighted by Gasteiger charge is 2.30. The molecule has 8 nitrogen and oxygen atoms in total. The molecule has 1 heterocycles. The maximum absolute atomic E-state index is 12.1. The number of hydrogen-bond acceptors (Lipinski definition) is 8. The highest BCUT2D eigenvalue weighted by atomic mass is 32.2. The minimum atomic E-state index is -0.597. The van der Waals surface area contributed by atoms with Crippen molar-refractivity contribution in [2.24, 2.45) is 0 Å². The SMILES string of the molecule is CCCCNC(=O)Oc1ccc(OC(=O)NCCCC)c2c1SC(=C(C#N)C#N)S2. The average molecular weight is 447 g/mol. The first-order valence-corrected chi connectivity index (χ1v) is 11.2. The van der Waals surface area contributed by atoms with Crippen molar-refractivity contribution >= 4 is 35.7 Å². The van der Waals surface area contributed by atoms with Crippen LogP contribution in [0.15, 0.2) is 31.7 Å². The van der Waals surface area contributed by atoms with Crippen molar-refractivity contribution in [2.75, 3.05) is 13.1 Å². The second-order valence-electron chi connectivity index (χ2n) is 6.15. The standard InChI is InChI=1S/C20H22N4O4S2/c1-3-5-9-23-19(25)27-14-7-8-15(28-20(26)24-10-6-4-2)17-16(14)29-18(30-17)13(11-21)12-22/h7-8H,3-6,9-10H2,1-2H3,(H,23,25)(H,24,26). The van der Waals surface area contributed by atoms with E-state index in [1.807, 2.05) is 26.0 Å². The zero-order valence-corrected chi connectivity index (χ0v) is 18.4. The largest absolute Gasteiger partial charge is 0.412 e. The van der Waals surface area contributed by atoms with Crippen LogP contribution in [0.4, 0.5) is 9.59 Å². The quantitative estimate of drug-likeness (QED) is 0.426. The lowest BCUT2D eigenvalue weighted by molar-refractivity contribution is 0.195. The van der Waals surface area contributed by atoms with Crippen LogP contribution in [0, 0.1) is 22.7 Å². The molecule has 0 radical (unpaired) electrons. The molecule has 0 saturated heterocycles. The third-order valence-electron chi connectivity index (χ3n) is 3.86. The first-order chi connectivity index (χ1) is 14.5. The highest BCUT2D eigenvalue weighted by Crippen LogP contribution is 2.58. The number of thioether (sulfide) groups is 2. The number of carbonyl (C=O) groups is 2. The number of fused-ring (bicyclic) bond motifs is 1. The van der Waals surface area contributed by atoms with Crippen LogP contribution >= 0.6 is 23.5 Å². The molecule has 0 aliphatic carbocycles. The van der Waals surface area contributed by atoms with Crippen molar-refractivity contribution in [2.45, 2.75) is 49.3 Å². The molecule has 0 atom stereocenters. The van der Waals surface area contributed by atoms with E-state index in [0.717, 1.165) is 49.2 Å². The number of nitrogens with one attached hydrogen (secondary N) is 2. The van der Waals surface area contributed by atoms with E-state index in [0.29, 0.717) is 27.1 Å². The smallest absolute Gasteiger partial charge is 0.409 e. The Morgan fingerprint density at radius 1 is 0.900 bits per heavy atom. The van der Waals surface area contributed by atoms with Gasteiger partial charge in [-0.05, 0) is 25.0 Å². The van der Waals surface area contributed by atoms with Gasteiger partial charge >= 0.3 is 12.2 Å². The first kappa shape index (κ1) is 23.5. The molecule has 10 heteroatoms. The van der Waals surface area contributed by atoms with Crippen LogP contribution in [0.1, 0.15) is 39.5 Å². The number of rotatable bonds is 8. The van der Waals surface area contributed by atoms with Gasteiger partial charge in [0.25, 0.3) is 0 Å². The second kappa shape index (κ2) is 12.0. The van der Waals surface area contributed by atoms with Gasteiger partial charge in [0.05, 0.1) is 14.0 Å². The predicted molar refractivity (Wildman–Crippen MR) is 114 cm³/mol. The van der Waals surface area contributed by atoms with E-state index in [4.69, 9.17) is 9.47 Å². The molecule has 1 aromatic rings. The lowest BCUT2D eigenvalue weighted by atomic mass is 10.3. The van der Waals surface area contributed by atoms with E-state index in [-0.39, 0.29) is 17.1 Å². The summed E-state index contributed by atoms with van der Waals surface area (Å²) >= 11 is 2.27. The highest BCUT2D eigenvalue weighted by molar-refractivity contribution is 8.24. The summed E-state index contributed by atoms with van der Waals surface area (Å²) < 4.78 is 11.3. The van der Waals surface area contributed by atoms with Crippen LogP contribution < -0.4 is 20.1 Å². The molecule has 0 saturated carbocycles. The van der Waals surface area contributed by atoms with Gasteiger partial charge in [-0.15, -0.1) is 0 Å². The van der Waals surface area contributed by atoms with Gasteiger partial charge in [0.1, 0.15) is 29.2 Å². The van der Waals surface area contributed by atoms with Gasteiger partial charge in [-0.2, -0.15) is 10.5 Å². The topological polar surface area (TPSA) is 124 Å². The zero-order valence-electron chi connectivity index (χ0n) is 16.7. The molecule has 30 heavy (non-hydrogen) atoms. The Kier molecular flexibility index (Phi) is 9.39. The van der Waals surface area contributed by atoms with Crippen molar-refractivity contribution < 1.29 is 19.1 Å². The van der Waals surface area contributed by atoms with Crippen molar-refractivity contribution in [3.05, 3.63) is 21.9 Å². The first-order valence-electron chi connectivity index (χ1n) is 9.52. The summed E-state index contributed by atoms with van der Waals surface area (Å²) in [7, 11) is 0. The Balaban J connectivity index is 2.27. The minimum absolute atomic E-state index is 0.0575. The van der Waals surface area contributed by atoms with Crippen LogP contribution in [0.25, 0.3) is 0 Å². The molecular formula is C20H22N4O4S2. The van der Waals surface area contributed by atoms with Crippen molar-refractivity contribution in [3.63, 3.8) is 0 Å². The number of hydrogen-bond donors (Lipinski definition) is 2. The Labute approximate surface area is 184 Å². The van der Waals surface area contributed by atoms with Gasteiger partial charge in [0.2, 0.25) is 0 Å². The third kappa shape index (κ3) is 6.34. The Morgan fingerprint density at radius 2 is 1.33 bits per heavy atom. The van der Waals surface area contributed by atoms with Gasteiger partial charge in [-0.25, -0.2) is 9.59 Å². The Hall–Kier alpha value is -2.82. The summed E-state index contributed by atoms with van der Waals surface area (Å²) in [6, 6.07) is 6.77. The van der Waals surface area contributed by atoms with E-state index in [1.165, 1.54) is 12.1 Å². The zero-order chi connectivity index (χ0) is 21.9. The number of allylic oxidation sites excluding steroid dienone is 1. The number of unbranched alkanes of at least 4 members (excludes halogenated alkanes) is 2. The van der Waals surface area contributed by atoms with Crippen molar-refractivity contribution in [3.8, 4) is 23.6 Å². The lowest BCUT2D eigenvalue weighted by Crippen LogP contribution is -2.28. The maximum atomic E-state index is 12.1. The Bertz CT molecular complexity index is 848. The molecule has 1 aliphatic rings. The number of ether oxygens (including phenoxy) is 2. The van der Waals surface area contributed by atoms with Crippen molar-refractivity contribution in [1.29, 1.82) is 10.5 Å². The molecule has 1 aliphatic heterocycles. The summed E-state index contributed by atoms with van der Waals surface area (Å²) in [5.41, 5.74) is -0.0575. The van der Waals surface area contributed by atoms with Crippen LogP contribution in [-0.4, -0.2) is 25.3 Å². The number of benzene rings is 1. The number of carbonyl (C=O) groups excluding carboxylic acids is 2. The predicted octanol–water partition coefficient (Wildman–Crippen LogP) is 4.92. The van der Waals surface area contributed by atoms with Crippen LogP contribution in [-0.2, 0) is 0 Å². The molecule has 2 amide bonds. The number of nitrogens with zero attached hydrogens (tertiary/aromatic N) is 2. The van der Waals surface area contributed by atoms with Gasteiger partial charge in [-0.1, -0.05) is 50.2 Å². The molecule has 0 bridgehead atoms. The van der Waals surface area contributed by atoms with Crippen LogP contribution in [0.2, 0.25) is 0 Å². The summed E-state index contributed by atoms with van der Waals surface area (Å²) in [6.07, 6.45) is 2.35. The molecule has 2 rings (SSSR count). The van der Waals surface area contributed by atoms with E-state index in [9.17, 15) is 20.1 Å². The summed E-state index contributed by atoms with van der Waals surface area (Å²) in [6.45, 7) is 5.02. The minimum Gasteiger partial charge on any atom is -0.409 e. The molecule has 158 valence electrons. The van der Waals surface area contributed by atoms with E-state index >= 15 is 0 Å². The summed E-state index contributed by atoms with van der Waals surface area (Å²) in [4.78, 5) is 25.2. The van der Waals surface area contributed by atoms with Gasteiger partial charge in [-0.3, -0.25) is 0 Å². The molecule has 1 aromatic carbocycles. The van der Waals surface area contributed by atoms with Crippen LogP contribution in [0.5, 0.6) is 11.5 Å². The fourth-order valence-electron chi connectivity index (χ4n) is 2.31. The number of nitriles is 2. The summed E-state index contributed by atoms with van der Waals surface area (Å²) in [5.74, 6) is 0.529. The molecule has 2 N–H and O–H groups in total. The van der Waals surface area contributed by atoms with Gasteiger partial charge < -0.3 is 20.1 Å². The summed E-state index contributed by atoms with van der Waals surface area (Å²) in [5, 5.41) is 23.7. The molecule has 0 unspecified atom stereocenters. The maximum Gasteiger partial charge on any atom is 0.412 e. The molecular weight excluding hydrogens is 424 g/mol. The second-order valence-corrected chi connectivity index (χ2v) is 8.45. The molecule has 0 spiro atoms. The fraction of sp³-hybridized carbons (Fsp3) is 0.400. The lowest BCUT2D eigenvalue weighted by Gasteiger charge is -2.12. The molecule has 0 fully saturated rings. The fourth-order valence-corrected chi connectivity index (χ4v) is 4.79. The van der Waals surface area contributed by atoms with E-state index < -0.39 is 12.2 Å². The normalized spacial score (nSPS) is 11.7. The molecule has 0 aromatic heterocycles. The Morgan fingerprint density at radius 3 is 1.70 bits per heavy atom. The van der Waals surface area contributed by atoms with Gasteiger partial charge in [0.15, 0.2) is 0 Å². The monoisotopic (exact) mass is 446 g/mol. The van der Waals surface area contributed by atoms with E-state index in [1.54, 1.807) is 0 Å². The van der Waals surface area contributed by atoms with Crippen LogP contribution in [0.3, 0.4) is 0 Å². The third-order valence-corrected chi connectivity index (χ3v) is 6.49. The number of amides is 2.